The van der Waals surface area contributed by atoms with E-state index in [1.165, 1.54) is 0 Å². The first-order chi connectivity index (χ1) is 8.45. The van der Waals surface area contributed by atoms with Crippen molar-refractivity contribution in [2.24, 2.45) is 5.73 Å². The number of rotatable bonds is 5. The molecule has 0 bridgehead atoms. The highest BCUT2D eigenvalue weighted by Crippen LogP contribution is 2.21. The summed E-state index contributed by atoms with van der Waals surface area (Å²) in [5, 5.41) is 6.34. The van der Waals surface area contributed by atoms with E-state index >= 15 is 0 Å². The van der Waals surface area contributed by atoms with Crippen molar-refractivity contribution in [2.45, 2.75) is 19.9 Å². The van der Waals surface area contributed by atoms with Crippen molar-refractivity contribution in [3.05, 3.63) is 28.8 Å². The van der Waals surface area contributed by atoms with Gasteiger partial charge in [-0.25, -0.2) is 0 Å². The molecule has 0 spiro atoms. The number of anilines is 1. The van der Waals surface area contributed by atoms with E-state index in [1.54, 1.807) is 25.1 Å². The third-order valence-corrected chi connectivity index (χ3v) is 2.82. The van der Waals surface area contributed by atoms with Crippen molar-refractivity contribution in [1.29, 1.82) is 0 Å². The summed E-state index contributed by atoms with van der Waals surface area (Å²) in [5.74, 6) is -0.0913. The molecule has 1 aromatic carbocycles. The van der Waals surface area contributed by atoms with Gasteiger partial charge < -0.3 is 16.4 Å². The number of thiocarbonyl (C=S) groups is 1. The number of nitrogens with two attached hydrogens (primary N) is 1. The van der Waals surface area contributed by atoms with Gasteiger partial charge in [-0.05, 0) is 32.0 Å². The smallest absolute Gasteiger partial charge is 0.242 e. The Labute approximate surface area is 117 Å². The number of likely N-dealkylation sites (N-methyl/N-ethyl adjacent to an activating group) is 1. The van der Waals surface area contributed by atoms with Crippen molar-refractivity contribution in [1.82, 2.24) is 5.32 Å². The van der Waals surface area contributed by atoms with E-state index in [0.29, 0.717) is 22.8 Å². The fourth-order valence-corrected chi connectivity index (χ4v) is 1.83. The maximum absolute atomic E-state index is 11.6. The first-order valence-corrected chi connectivity index (χ1v) is 6.38. The van der Waals surface area contributed by atoms with Crippen molar-refractivity contribution in [3.63, 3.8) is 0 Å². The summed E-state index contributed by atoms with van der Waals surface area (Å²) in [6, 6.07) is 4.75. The van der Waals surface area contributed by atoms with Crippen LogP contribution in [-0.2, 0) is 4.79 Å². The highest BCUT2D eigenvalue weighted by atomic mass is 35.5. The minimum Gasteiger partial charge on any atom is -0.389 e. The number of halogens is 1. The predicted molar refractivity (Wildman–Crippen MR) is 79.1 cm³/mol. The Bertz CT molecular complexity index is 465. The first kappa shape index (κ1) is 14.7. The van der Waals surface area contributed by atoms with E-state index < -0.39 is 6.04 Å². The lowest BCUT2D eigenvalue weighted by atomic mass is 10.1. The van der Waals surface area contributed by atoms with Crippen LogP contribution in [0.25, 0.3) is 0 Å². The Morgan fingerprint density at radius 3 is 2.78 bits per heavy atom. The van der Waals surface area contributed by atoms with E-state index in [1.807, 2.05) is 6.92 Å². The van der Waals surface area contributed by atoms with Gasteiger partial charge in [-0.15, -0.1) is 0 Å². The molecule has 18 heavy (non-hydrogen) atoms. The Balaban J connectivity index is 2.92. The standard InChI is InChI=1S/C12H16ClN3OS/c1-3-15-12(17)7(2)16-10-6-8(13)4-5-9(10)11(14)18/h4-7,16H,3H2,1-2H3,(H2,14,18)(H,15,17). The molecule has 4 N–H and O–H groups in total. The number of hydrogen-bond acceptors (Lipinski definition) is 3. The molecule has 1 amide bonds. The summed E-state index contributed by atoms with van der Waals surface area (Å²) in [6.07, 6.45) is 0. The van der Waals surface area contributed by atoms with Gasteiger partial charge in [-0.3, -0.25) is 4.79 Å². The summed E-state index contributed by atoms with van der Waals surface area (Å²) in [5.41, 5.74) is 6.96. The van der Waals surface area contributed by atoms with Gasteiger partial charge in [-0.1, -0.05) is 23.8 Å². The highest BCUT2D eigenvalue weighted by Gasteiger charge is 2.14. The van der Waals surface area contributed by atoms with Crippen LogP contribution in [-0.4, -0.2) is 23.5 Å². The monoisotopic (exact) mass is 285 g/mol. The number of nitrogens with one attached hydrogen (secondary N) is 2. The second kappa shape index (κ2) is 6.56. The average Bonchev–Trinajstić information content (AvgIpc) is 2.28. The van der Waals surface area contributed by atoms with Crippen molar-refractivity contribution >= 4 is 40.4 Å². The van der Waals surface area contributed by atoms with Gasteiger partial charge in [0.25, 0.3) is 0 Å². The molecular formula is C12H16ClN3OS. The molecule has 0 fully saturated rings. The lowest BCUT2D eigenvalue weighted by Gasteiger charge is -2.17. The molecule has 0 aliphatic carbocycles. The number of carbonyl (C=O) groups is 1. The first-order valence-electron chi connectivity index (χ1n) is 5.59. The molecule has 0 radical (unpaired) electrons. The normalized spacial score (nSPS) is 11.7. The fraction of sp³-hybridized carbons (Fsp3) is 0.333. The van der Waals surface area contributed by atoms with Crippen molar-refractivity contribution in [3.8, 4) is 0 Å². The van der Waals surface area contributed by atoms with E-state index in [9.17, 15) is 4.79 Å². The quantitative estimate of drug-likeness (QED) is 0.723. The van der Waals surface area contributed by atoms with E-state index in [-0.39, 0.29) is 10.9 Å². The van der Waals surface area contributed by atoms with Crippen LogP contribution in [0.2, 0.25) is 5.02 Å². The maximum Gasteiger partial charge on any atom is 0.242 e. The molecule has 0 heterocycles. The Morgan fingerprint density at radius 2 is 2.22 bits per heavy atom. The van der Waals surface area contributed by atoms with Gasteiger partial charge >= 0.3 is 0 Å². The zero-order valence-electron chi connectivity index (χ0n) is 10.3. The van der Waals surface area contributed by atoms with E-state index in [2.05, 4.69) is 10.6 Å². The molecule has 0 aliphatic rings. The molecule has 6 heteroatoms. The zero-order chi connectivity index (χ0) is 13.7. The second-order valence-electron chi connectivity index (χ2n) is 3.81. The maximum atomic E-state index is 11.6. The van der Waals surface area contributed by atoms with Crippen molar-refractivity contribution < 1.29 is 4.79 Å². The molecule has 0 saturated carbocycles. The Kier molecular flexibility index (Phi) is 5.37. The van der Waals surface area contributed by atoms with E-state index in [0.717, 1.165) is 0 Å². The fourth-order valence-electron chi connectivity index (χ4n) is 1.48. The van der Waals surface area contributed by atoms with Gasteiger partial charge in [-0.2, -0.15) is 0 Å². The summed E-state index contributed by atoms with van der Waals surface area (Å²) < 4.78 is 0. The number of benzene rings is 1. The molecule has 4 nitrogen and oxygen atoms in total. The number of carbonyl (C=O) groups excluding carboxylic acids is 1. The van der Waals surface area contributed by atoms with E-state index in [4.69, 9.17) is 29.6 Å². The van der Waals surface area contributed by atoms with Gasteiger partial charge in [0.1, 0.15) is 11.0 Å². The van der Waals surface area contributed by atoms with Crippen LogP contribution in [0.3, 0.4) is 0 Å². The van der Waals surface area contributed by atoms with Gasteiger partial charge in [0.05, 0.1) is 0 Å². The molecule has 1 atom stereocenters. The van der Waals surface area contributed by atoms with Crippen LogP contribution in [0.1, 0.15) is 19.4 Å². The summed E-state index contributed by atoms with van der Waals surface area (Å²) in [6.45, 7) is 4.21. The minimum atomic E-state index is -0.392. The number of amides is 1. The van der Waals surface area contributed by atoms with Crippen LogP contribution < -0.4 is 16.4 Å². The van der Waals surface area contributed by atoms with Crippen molar-refractivity contribution in [2.75, 3.05) is 11.9 Å². The summed E-state index contributed by atoms with van der Waals surface area (Å²) >= 11 is 10.9. The predicted octanol–water partition coefficient (Wildman–Crippen LogP) is 1.91. The van der Waals surface area contributed by atoms with Gasteiger partial charge in [0.2, 0.25) is 5.91 Å². The summed E-state index contributed by atoms with van der Waals surface area (Å²) in [7, 11) is 0. The van der Waals surface area contributed by atoms with Crippen LogP contribution in [0.4, 0.5) is 5.69 Å². The van der Waals surface area contributed by atoms with Crippen LogP contribution in [0, 0.1) is 0 Å². The second-order valence-corrected chi connectivity index (χ2v) is 4.69. The highest BCUT2D eigenvalue weighted by molar-refractivity contribution is 7.80. The molecular weight excluding hydrogens is 270 g/mol. The van der Waals surface area contributed by atoms with Crippen LogP contribution in [0.15, 0.2) is 18.2 Å². The lowest BCUT2D eigenvalue weighted by Crippen LogP contribution is -2.37. The Morgan fingerprint density at radius 1 is 1.56 bits per heavy atom. The van der Waals surface area contributed by atoms with Gasteiger partial charge in [0.15, 0.2) is 0 Å². The van der Waals surface area contributed by atoms with Crippen LogP contribution >= 0.6 is 23.8 Å². The molecule has 98 valence electrons. The topological polar surface area (TPSA) is 67.2 Å². The number of hydrogen-bond donors (Lipinski definition) is 3. The SMILES string of the molecule is CCNC(=O)C(C)Nc1cc(Cl)ccc1C(N)=S. The lowest BCUT2D eigenvalue weighted by molar-refractivity contribution is -0.121. The molecule has 1 aromatic rings. The average molecular weight is 286 g/mol. The summed E-state index contributed by atoms with van der Waals surface area (Å²) in [4.78, 5) is 11.9. The third kappa shape index (κ3) is 3.85. The molecule has 0 saturated heterocycles. The molecule has 1 rings (SSSR count). The minimum absolute atomic E-state index is 0.0913. The zero-order valence-corrected chi connectivity index (χ0v) is 11.9. The molecule has 0 aromatic heterocycles. The van der Waals surface area contributed by atoms with Gasteiger partial charge in [0, 0.05) is 22.8 Å². The largest absolute Gasteiger partial charge is 0.389 e. The van der Waals surface area contributed by atoms with Crippen LogP contribution in [0.5, 0.6) is 0 Å². The molecule has 0 aliphatic heterocycles. The molecule has 1 unspecified atom stereocenters. The Hall–Kier alpha value is -1.33. The third-order valence-electron chi connectivity index (χ3n) is 2.36.